The summed E-state index contributed by atoms with van der Waals surface area (Å²) in [6, 6.07) is 62.4. The molecule has 3 heteroatoms. The number of hydrogen-bond acceptors (Lipinski definition) is 2. The Bertz CT molecular complexity index is 1760. The third kappa shape index (κ3) is 3.92. The predicted octanol–water partition coefficient (Wildman–Crippen LogP) is 8.41. The molecule has 44 heavy (non-hydrogen) atoms. The first-order valence-corrected chi connectivity index (χ1v) is 17.4. The Balaban J connectivity index is 1.71. The van der Waals surface area contributed by atoms with Gasteiger partial charge in [0, 0.05) is 0 Å². The van der Waals surface area contributed by atoms with Crippen LogP contribution in [0.2, 0.25) is 0 Å². The summed E-state index contributed by atoms with van der Waals surface area (Å²) < 4.78 is 8.25. The van der Waals surface area contributed by atoms with Crippen LogP contribution in [0.15, 0.2) is 182 Å². The van der Waals surface area contributed by atoms with E-state index in [1.807, 2.05) is 54.6 Å². The second kappa shape index (κ2) is 11.1. The van der Waals surface area contributed by atoms with Gasteiger partial charge in [-0.1, -0.05) is 0 Å². The summed E-state index contributed by atoms with van der Waals surface area (Å²) in [5, 5.41) is 3.34. The van der Waals surface area contributed by atoms with Gasteiger partial charge >= 0.3 is 261 Å². The molecular weight excluding hydrogens is 555 g/mol. The van der Waals surface area contributed by atoms with Crippen molar-refractivity contribution in [3.05, 3.63) is 199 Å². The van der Waals surface area contributed by atoms with Crippen LogP contribution in [0, 0.1) is 0 Å². The zero-order valence-electron chi connectivity index (χ0n) is 24.7. The molecule has 0 amide bonds. The van der Waals surface area contributed by atoms with Gasteiger partial charge in [0.05, 0.1) is 0 Å². The van der Waals surface area contributed by atoms with E-state index in [4.69, 9.17) is 4.52 Å². The summed E-state index contributed by atoms with van der Waals surface area (Å²) in [6.07, 6.45) is 0. The van der Waals surface area contributed by atoms with Crippen molar-refractivity contribution in [2.75, 3.05) is 0 Å². The van der Waals surface area contributed by atoms with E-state index < -0.39 is 12.4 Å². The van der Waals surface area contributed by atoms with Crippen LogP contribution in [0.1, 0.15) is 34.3 Å². The first kappa shape index (κ1) is 28.2. The molecular formula is C41H35O2P. The van der Waals surface area contributed by atoms with Gasteiger partial charge in [-0.2, -0.15) is 0 Å². The Morgan fingerprint density at radius 1 is 0.523 bits per heavy atom. The van der Waals surface area contributed by atoms with Crippen LogP contribution in [0.25, 0.3) is 0 Å². The first-order chi connectivity index (χ1) is 21.6. The molecule has 0 spiro atoms. The minimum absolute atomic E-state index is 0.0284. The van der Waals surface area contributed by atoms with Crippen molar-refractivity contribution in [1.82, 2.24) is 0 Å². The second-order valence-corrected chi connectivity index (χ2v) is 16.4. The fraction of sp³-hybridized carbons (Fsp3) is 0.0976. The Morgan fingerprint density at radius 2 is 0.886 bits per heavy atom. The zero-order chi connectivity index (χ0) is 30.1. The third-order valence-electron chi connectivity index (χ3n) is 9.57. The number of hydrogen-bond donors (Lipinski definition) is 0. The quantitative estimate of drug-likeness (QED) is 0.138. The number of carbonyl (C=O) groups is 1. The van der Waals surface area contributed by atoms with E-state index in [1.165, 1.54) is 0 Å². The maximum absolute atomic E-state index is 15.5. The molecule has 0 aliphatic carbocycles. The van der Waals surface area contributed by atoms with Gasteiger partial charge in [-0.05, 0) is 0 Å². The third-order valence-corrected chi connectivity index (χ3v) is 16.1. The van der Waals surface area contributed by atoms with E-state index >= 15 is 4.79 Å². The standard InChI is InChI=1S/C41H35O2P/c1-32-39(33-20-8-2-9-21-33)41(35-24-12-4-13-25-35,40(42)34-22-10-3-11-23-34)43-44(32,36-26-14-5-15-27-36,37-28-16-6-17-29-37)38-30-18-7-19-31-38/h2-32,39H,1H3/t32-,39+,41-/m1/s1. The number of ketones is 1. The second-order valence-electron chi connectivity index (χ2n) is 11.6. The Labute approximate surface area is 260 Å². The Morgan fingerprint density at radius 3 is 1.32 bits per heavy atom. The SMILES string of the molecule is C[C@@H]1[C@@H](c2ccccc2)[C@@](C(=O)c2ccccc2)(c2ccccc2)OP1(c1ccccc1)(c1ccccc1)c1ccccc1. The van der Waals surface area contributed by atoms with Crippen LogP contribution in [-0.4, -0.2) is 11.4 Å². The van der Waals surface area contributed by atoms with Crippen LogP contribution >= 0.6 is 6.83 Å². The van der Waals surface area contributed by atoms with Crippen molar-refractivity contribution >= 4 is 28.5 Å². The normalized spacial score (nSPS) is 22.8. The molecule has 1 aliphatic rings. The van der Waals surface area contributed by atoms with Crippen molar-refractivity contribution in [2.45, 2.75) is 24.1 Å². The molecule has 216 valence electrons. The molecule has 7 rings (SSSR count). The van der Waals surface area contributed by atoms with E-state index in [0.29, 0.717) is 5.56 Å². The molecule has 0 aromatic heterocycles. The molecule has 2 nitrogen and oxygen atoms in total. The Hall–Kier alpha value is -4.62. The fourth-order valence-corrected chi connectivity index (χ4v) is 14.7. The molecule has 1 heterocycles. The monoisotopic (exact) mass is 590 g/mol. The Kier molecular flexibility index (Phi) is 7.13. The van der Waals surface area contributed by atoms with Crippen LogP contribution in [0.3, 0.4) is 0 Å². The molecule has 1 fully saturated rings. The van der Waals surface area contributed by atoms with Crippen LogP contribution < -0.4 is 15.9 Å². The first-order valence-electron chi connectivity index (χ1n) is 15.2. The van der Waals surface area contributed by atoms with Crippen LogP contribution in [-0.2, 0) is 10.1 Å². The van der Waals surface area contributed by atoms with Crippen molar-refractivity contribution < 1.29 is 9.32 Å². The van der Waals surface area contributed by atoms with Gasteiger partial charge in [0.25, 0.3) is 0 Å². The van der Waals surface area contributed by atoms with Gasteiger partial charge in [0.2, 0.25) is 0 Å². The molecule has 0 saturated carbocycles. The average molecular weight is 591 g/mol. The number of carbonyl (C=O) groups excluding carboxylic acids is 1. The van der Waals surface area contributed by atoms with Gasteiger partial charge in [-0.3, -0.25) is 0 Å². The molecule has 6 aromatic rings. The molecule has 0 N–H and O–H groups in total. The van der Waals surface area contributed by atoms with Crippen molar-refractivity contribution in [2.24, 2.45) is 0 Å². The van der Waals surface area contributed by atoms with Crippen LogP contribution in [0.4, 0.5) is 0 Å². The van der Waals surface area contributed by atoms with Gasteiger partial charge in [0.15, 0.2) is 0 Å². The molecule has 0 unspecified atom stereocenters. The van der Waals surface area contributed by atoms with Crippen LogP contribution in [0.5, 0.6) is 0 Å². The molecule has 0 radical (unpaired) electrons. The zero-order valence-corrected chi connectivity index (χ0v) is 25.6. The summed E-state index contributed by atoms with van der Waals surface area (Å²) in [7, 11) is 0. The molecule has 1 saturated heterocycles. The minimum atomic E-state index is -3.94. The molecule has 0 bridgehead atoms. The summed E-state index contributed by atoms with van der Waals surface area (Å²) in [5.41, 5.74) is 1.13. The van der Waals surface area contributed by atoms with Gasteiger partial charge in [0.1, 0.15) is 0 Å². The van der Waals surface area contributed by atoms with Gasteiger partial charge in [-0.25, -0.2) is 0 Å². The van der Waals surface area contributed by atoms with Crippen molar-refractivity contribution in [1.29, 1.82) is 0 Å². The molecule has 1 aliphatic heterocycles. The topological polar surface area (TPSA) is 26.3 Å². The fourth-order valence-electron chi connectivity index (χ4n) is 7.76. The number of Topliss-reactive ketones (excluding diaryl/α,β-unsaturated/α-hetero) is 1. The molecule has 3 atom stereocenters. The number of rotatable bonds is 7. The average Bonchev–Trinajstić information content (AvgIpc) is 3.38. The summed E-state index contributed by atoms with van der Waals surface area (Å²) in [4.78, 5) is 15.5. The summed E-state index contributed by atoms with van der Waals surface area (Å²) in [5.74, 6) is -0.337. The van der Waals surface area contributed by atoms with E-state index in [0.717, 1.165) is 27.0 Å². The van der Waals surface area contributed by atoms with Gasteiger partial charge in [-0.15, -0.1) is 0 Å². The van der Waals surface area contributed by atoms with E-state index in [9.17, 15) is 0 Å². The maximum atomic E-state index is 15.5. The van der Waals surface area contributed by atoms with E-state index in [2.05, 4.69) is 134 Å². The van der Waals surface area contributed by atoms with E-state index in [-0.39, 0.29) is 17.4 Å². The summed E-state index contributed by atoms with van der Waals surface area (Å²) in [6.45, 7) is -1.61. The summed E-state index contributed by atoms with van der Waals surface area (Å²) >= 11 is 0. The predicted molar refractivity (Wildman–Crippen MR) is 184 cm³/mol. The van der Waals surface area contributed by atoms with E-state index in [1.54, 1.807) is 0 Å². The van der Waals surface area contributed by atoms with Crippen molar-refractivity contribution in [3.8, 4) is 0 Å². The molecule has 6 aromatic carbocycles. The van der Waals surface area contributed by atoms with Gasteiger partial charge < -0.3 is 0 Å². The van der Waals surface area contributed by atoms with Crippen molar-refractivity contribution in [3.63, 3.8) is 0 Å². The number of benzene rings is 6.